The molecule has 33 heavy (non-hydrogen) atoms. The van der Waals surface area contributed by atoms with Crippen LogP contribution >= 0.6 is 11.6 Å². The van der Waals surface area contributed by atoms with Crippen molar-refractivity contribution in [1.82, 2.24) is 9.97 Å². The fourth-order valence-corrected chi connectivity index (χ4v) is 4.27. The third kappa shape index (κ3) is 5.71. The van der Waals surface area contributed by atoms with Crippen molar-refractivity contribution in [3.8, 4) is 17.0 Å². The van der Waals surface area contributed by atoms with Gasteiger partial charge in [0.05, 0.1) is 13.3 Å². The summed E-state index contributed by atoms with van der Waals surface area (Å²) in [7, 11) is 1.57. The molecule has 170 valence electrons. The molecule has 0 bridgehead atoms. The number of carbonyl (C=O) groups is 1. The number of hydrogen-bond donors (Lipinski definition) is 1. The molecule has 0 saturated carbocycles. The van der Waals surface area contributed by atoms with Crippen LogP contribution in [0.25, 0.3) is 11.3 Å². The molecule has 1 N–H and O–H groups in total. The summed E-state index contributed by atoms with van der Waals surface area (Å²) in [5.74, 6) is 0.894. The summed E-state index contributed by atoms with van der Waals surface area (Å²) < 4.78 is 5.50. The van der Waals surface area contributed by atoms with E-state index in [2.05, 4.69) is 33.9 Å². The Morgan fingerprint density at radius 1 is 1.21 bits per heavy atom. The number of methoxy groups -OCH3 is 1. The number of anilines is 3. The molecule has 1 saturated heterocycles. The molecule has 1 aliphatic heterocycles. The lowest BCUT2D eigenvalue weighted by atomic mass is 10.0. The molecule has 6 nitrogen and oxygen atoms in total. The van der Waals surface area contributed by atoms with E-state index in [1.54, 1.807) is 25.4 Å². The van der Waals surface area contributed by atoms with E-state index in [0.29, 0.717) is 22.4 Å². The lowest BCUT2D eigenvalue weighted by molar-refractivity contribution is -0.114. The van der Waals surface area contributed by atoms with Gasteiger partial charge in [-0.1, -0.05) is 24.2 Å². The van der Waals surface area contributed by atoms with Crippen LogP contribution in [0.4, 0.5) is 17.3 Å². The molecule has 0 radical (unpaired) electrons. The van der Waals surface area contributed by atoms with Gasteiger partial charge in [0, 0.05) is 41.5 Å². The van der Waals surface area contributed by atoms with Crippen LogP contribution < -0.4 is 15.0 Å². The van der Waals surface area contributed by atoms with Gasteiger partial charge in [-0.05, 0) is 67.3 Å². The van der Waals surface area contributed by atoms with Gasteiger partial charge >= 0.3 is 0 Å². The first kappa shape index (κ1) is 22.8. The molecule has 0 amide bonds. The molecule has 0 atom stereocenters. The summed E-state index contributed by atoms with van der Waals surface area (Å²) in [5.41, 5.74) is 4.24. The Morgan fingerprint density at radius 2 is 2.03 bits per heavy atom. The second-order valence-electron chi connectivity index (χ2n) is 8.03. The van der Waals surface area contributed by atoms with Gasteiger partial charge in [0.1, 0.15) is 5.69 Å². The van der Waals surface area contributed by atoms with E-state index in [4.69, 9.17) is 21.3 Å². The number of benzene rings is 2. The monoisotopic (exact) mass is 462 g/mol. The molecule has 4 rings (SSSR count). The maximum absolute atomic E-state index is 11.8. The van der Waals surface area contributed by atoms with Crippen molar-refractivity contribution in [2.45, 2.75) is 25.7 Å². The van der Waals surface area contributed by atoms with Gasteiger partial charge in [0.25, 0.3) is 0 Å². The van der Waals surface area contributed by atoms with Crippen molar-refractivity contribution >= 4 is 34.7 Å². The molecule has 1 aliphatic rings. The Morgan fingerprint density at radius 3 is 2.79 bits per heavy atom. The van der Waals surface area contributed by atoms with E-state index < -0.39 is 0 Å². The number of carbonyl (C=O) groups excluding carboxylic acids is 1. The topological polar surface area (TPSA) is 67.4 Å². The highest BCUT2D eigenvalue weighted by molar-refractivity contribution is 6.31. The summed E-state index contributed by atoms with van der Waals surface area (Å²) in [4.78, 5) is 23.4. The lowest BCUT2D eigenvalue weighted by Crippen LogP contribution is -2.29. The minimum Gasteiger partial charge on any atom is -0.493 e. The summed E-state index contributed by atoms with van der Waals surface area (Å²) in [6.45, 7) is 5.70. The number of allylic oxidation sites excluding steroid dienone is 1. The molecular formula is C26H27ClN4O2. The van der Waals surface area contributed by atoms with E-state index in [-0.39, 0.29) is 12.2 Å². The molecule has 7 heteroatoms. The van der Waals surface area contributed by atoms with Crippen molar-refractivity contribution in [1.29, 1.82) is 0 Å². The van der Waals surface area contributed by atoms with Crippen LogP contribution in [0, 0.1) is 0 Å². The number of aromatic nitrogens is 2. The van der Waals surface area contributed by atoms with Crippen molar-refractivity contribution in [3.63, 3.8) is 0 Å². The molecule has 2 heterocycles. The first-order valence-corrected chi connectivity index (χ1v) is 11.4. The Kier molecular flexibility index (Phi) is 7.25. The summed E-state index contributed by atoms with van der Waals surface area (Å²) in [6.07, 6.45) is 6.91. The third-order valence-corrected chi connectivity index (χ3v) is 5.85. The predicted octanol–water partition coefficient (Wildman–Crippen LogP) is 5.84. The fraction of sp³-hybridized carbons (Fsp3) is 0.269. The molecule has 2 aromatic carbocycles. The lowest BCUT2D eigenvalue weighted by Gasteiger charge is -2.29. The first-order valence-electron chi connectivity index (χ1n) is 11.0. The van der Waals surface area contributed by atoms with Gasteiger partial charge in [-0.25, -0.2) is 9.97 Å². The number of ketones is 1. The fourth-order valence-electron chi connectivity index (χ4n) is 4.01. The van der Waals surface area contributed by atoms with Crippen LogP contribution in [0.15, 0.2) is 61.3 Å². The second kappa shape index (κ2) is 10.5. The van der Waals surface area contributed by atoms with E-state index in [9.17, 15) is 4.79 Å². The normalized spacial score (nSPS) is 13.5. The maximum Gasteiger partial charge on any atom is 0.227 e. The van der Waals surface area contributed by atoms with E-state index in [1.807, 2.05) is 18.2 Å². The molecule has 0 unspecified atom stereocenters. The molecule has 0 aliphatic carbocycles. The second-order valence-corrected chi connectivity index (χ2v) is 8.47. The Bertz CT molecular complexity index is 1160. The number of halogens is 1. The number of hydrogen-bond acceptors (Lipinski definition) is 6. The van der Waals surface area contributed by atoms with Gasteiger partial charge in [0.15, 0.2) is 11.5 Å². The zero-order valence-corrected chi connectivity index (χ0v) is 19.4. The quantitative estimate of drug-likeness (QED) is 0.424. The van der Waals surface area contributed by atoms with Crippen molar-refractivity contribution < 1.29 is 9.53 Å². The molecule has 1 fully saturated rings. The van der Waals surface area contributed by atoms with Crippen molar-refractivity contribution in [2.75, 3.05) is 30.4 Å². The minimum absolute atomic E-state index is 0.0752. The van der Waals surface area contributed by atoms with Crippen LogP contribution in [0.2, 0.25) is 5.02 Å². The summed E-state index contributed by atoms with van der Waals surface area (Å²) in [6, 6.07) is 13.8. The third-order valence-electron chi connectivity index (χ3n) is 5.64. The minimum atomic E-state index is -0.0752. The SMILES string of the molecule is C=CC(=O)Cc1cc(Cl)cc(-c2nc(Nc3cccc(N4CCCCC4)c3)ncc2OC)c1. The van der Waals surface area contributed by atoms with Gasteiger partial charge in [-0.3, -0.25) is 4.79 Å². The molecule has 0 spiro atoms. The van der Waals surface area contributed by atoms with Crippen LogP contribution in [-0.2, 0) is 11.2 Å². The van der Waals surface area contributed by atoms with Gasteiger partial charge in [-0.15, -0.1) is 0 Å². The molecule has 1 aromatic heterocycles. The Balaban J connectivity index is 1.63. The van der Waals surface area contributed by atoms with Gasteiger partial charge < -0.3 is 15.0 Å². The number of ether oxygens (including phenoxy) is 1. The van der Waals surface area contributed by atoms with Crippen molar-refractivity contribution in [2.24, 2.45) is 0 Å². The standard InChI is InChI=1S/C26H27ClN4O2/c1-3-23(32)14-18-12-19(15-20(27)13-18)25-24(33-2)17-28-26(30-25)29-21-8-7-9-22(16-21)31-10-5-4-6-11-31/h3,7-9,12-13,15-17H,1,4-6,10-11,14H2,2H3,(H,28,29,30). The van der Waals surface area contributed by atoms with Crippen LogP contribution in [-0.4, -0.2) is 36.0 Å². The Labute approximate surface area is 199 Å². The first-order chi connectivity index (χ1) is 16.1. The maximum atomic E-state index is 11.8. The zero-order chi connectivity index (χ0) is 23.2. The smallest absolute Gasteiger partial charge is 0.227 e. The van der Waals surface area contributed by atoms with E-state index in [1.165, 1.54) is 31.0 Å². The number of nitrogens with one attached hydrogen (secondary N) is 1. The van der Waals surface area contributed by atoms with Crippen molar-refractivity contribution in [3.05, 3.63) is 71.9 Å². The average Bonchev–Trinajstić information content (AvgIpc) is 2.84. The summed E-state index contributed by atoms with van der Waals surface area (Å²) >= 11 is 6.34. The van der Waals surface area contributed by atoms with Gasteiger partial charge in [-0.2, -0.15) is 0 Å². The van der Waals surface area contributed by atoms with E-state index in [0.717, 1.165) is 29.9 Å². The van der Waals surface area contributed by atoms with Crippen LogP contribution in [0.5, 0.6) is 5.75 Å². The Hall–Kier alpha value is -3.38. The number of nitrogens with zero attached hydrogens (tertiary/aromatic N) is 3. The highest BCUT2D eigenvalue weighted by atomic mass is 35.5. The highest BCUT2D eigenvalue weighted by Gasteiger charge is 2.15. The summed E-state index contributed by atoms with van der Waals surface area (Å²) in [5, 5.41) is 3.83. The van der Waals surface area contributed by atoms with Crippen LogP contribution in [0.1, 0.15) is 24.8 Å². The number of rotatable bonds is 8. The van der Waals surface area contributed by atoms with Crippen LogP contribution in [0.3, 0.4) is 0 Å². The molecule has 3 aromatic rings. The van der Waals surface area contributed by atoms with E-state index >= 15 is 0 Å². The average molecular weight is 463 g/mol. The zero-order valence-electron chi connectivity index (χ0n) is 18.7. The number of piperidine rings is 1. The largest absolute Gasteiger partial charge is 0.493 e. The predicted molar refractivity (Wildman–Crippen MR) is 134 cm³/mol. The van der Waals surface area contributed by atoms with Gasteiger partial charge in [0.2, 0.25) is 5.95 Å². The molecular weight excluding hydrogens is 436 g/mol. The highest BCUT2D eigenvalue weighted by Crippen LogP contribution is 2.32.